The van der Waals surface area contributed by atoms with Crippen LogP contribution in [0.1, 0.15) is 55.6 Å². The van der Waals surface area contributed by atoms with Crippen LogP contribution in [0.5, 0.6) is 0 Å². The average Bonchev–Trinajstić information content (AvgIpc) is 2.92. The minimum atomic E-state index is -0.129. The molecule has 1 aliphatic rings. The summed E-state index contributed by atoms with van der Waals surface area (Å²) in [5.41, 5.74) is 1.62. The number of hydrogen-bond donors (Lipinski definition) is 2. The van der Waals surface area contributed by atoms with E-state index < -0.39 is 0 Å². The summed E-state index contributed by atoms with van der Waals surface area (Å²) in [4.78, 5) is 14.7. The first kappa shape index (κ1) is 18.9. The fourth-order valence-electron chi connectivity index (χ4n) is 3.02. The van der Waals surface area contributed by atoms with Crippen LogP contribution in [0.3, 0.4) is 0 Å². The first-order chi connectivity index (χ1) is 11.5. The van der Waals surface area contributed by atoms with Crippen molar-refractivity contribution in [1.29, 1.82) is 0 Å². The van der Waals surface area contributed by atoms with Crippen molar-refractivity contribution in [2.75, 3.05) is 26.2 Å². The maximum Gasteiger partial charge on any atom is 0.254 e. The normalized spacial score (nSPS) is 16.7. The highest BCUT2D eigenvalue weighted by molar-refractivity contribution is 5.94. The van der Waals surface area contributed by atoms with E-state index in [1.165, 1.54) is 0 Å². The lowest BCUT2D eigenvalue weighted by Gasteiger charge is -2.29. The van der Waals surface area contributed by atoms with E-state index in [9.17, 15) is 9.90 Å². The molecule has 2 heterocycles. The zero-order chi connectivity index (χ0) is 17.5. The minimum Gasteiger partial charge on any atom is -0.393 e. The zero-order valence-electron chi connectivity index (χ0n) is 15.3. The summed E-state index contributed by atoms with van der Waals surface area (Å²) in [5, 5.41) is 16.8. The van der Waals surface area contributed by atoms with E-state index in [2.05, 4.69) is 29.2 Å². The Labute approximate surface area is 145 Å². The number of nitrogens with zero attached hydrogens (tertiary/aromatic N) is 3. The van der Waals surface area contributed by atoms with Gasteiger partial charge in [-0.05, 0) is 45.1 Å². The van der Waals surface area contributed by atoms with Crippen molar-refractivity contribution in [2.24, 2.45) is 5.92 Å². The van der Waals surface area contributed by atoms with Gasteiger partial charge in [-0.25, -0.2) is 0 Å². The van der Waals surface area contributed by atoms with Gasteiger partial charge in [0.05, 0.1) is 17.9 Å². The molecule has 2 N–H and O–H groups in total. The second-order valence-corrected chi connectivity index (χ2v) is 7.23. The summed E-state index contributed by atoms with van der Waals surface area (Å²) in [5.74, 6) is 0.596. The number of aromatic nitrogens is 2. The molecule has 1 saturated heterocycles. The standard InChI is InChI=1S/C18H32N4O2/c1-14(2)5-12-22-15(3)17(13-20-22)18(24)19-8-4-9-21-10-6-16(23)7-11-21/h13-14,16,23H,4-12H2,1-3H3,(H,19,24). The monoisotopic (exact) mass is 336 g/mol. The Morgan fingerprint density at radius 2 is 2.08 bits per heavy atom. The molecule has 0 unspecified atom stereocenters. The molecule has 1 aromatic heterocycles. The molecule has 1 fully saturated rings. The van der Waals surface area contributed by atoms with Crippen LogP contribution >= 0.6 is 0 Å². The van der Waals surface area contributed by atoms with E-state index >= 15 is 0 Å². The van der Waals surface area contributed by atoms with Gasteiger partial charge >= 0.3 is 0 Å². The summed E-state index contributed by atoms with van der Waals surface area (Å²) in [6.45, 7) is 10.8. The highest BCUT2D eigenvalue weighted by Crippen LogP contribution is 2.11. The van der Waals surface area contributed by atoms with Gasteiger partial charge in [0.25, 0.3) is 5.91 Å². The number of aliphatic hydroxyl groups is 1. The van der Waals surface area contributed by atoms with Gasteiger partial charge in [-0.15, -0.1) is 0 Å². The van der Waals surface area contributed by atoms with Crippen LogP contribution in [0.25, 0.3) is 0 Å². The van der Waals surface area contributed by atoms with Crippen molar-refractivity contribution < 1.29 is 9.90 Å². The second kappa shape index (κ2) is 9.18. The van der Waals surface area contributed by atoms with E-state index in [1.807, 2.05) is 11.6 Å². The molecule has 0 atom stereocenters. The molecule has 1 amide bonds. The van der Waals surface area contributed by atoms with Gasteiger partial charge in [0.2, 0.25) is 0 Å². The summed E-state index contributed by atoms with van der Waals surface area (Å²) in [6, 6.07) is 0. The van der Waals surface area contributed by atoms with Crippen molar-refractivity contribution in [3.63, 3.8) is 0 Å². The molecular formula is C18H32N4O2. The fraction of sp³-hybridized carbons (Fsp3) is 0.778. The van der Waals surface area contributed by atoms with Crippen LogP contribution in [0.4, 0.5) is 0 Å². The van der Waals surface area contributed by atoms with Gasteiger partial charge < -0.3 is 15.3 Å². The van der Waals surface area contributed by atoms with E-state index in [-0.39, 0.29) is 12.0 Å². The highest BCUT2D eigenvalue weighted by Gasteiger charge is 2.17. The number of amides is 1. The number of rotatable bonds is 8. The van der Waals surface area contributed by atoms with Crippen molar-refractivity contribution in [1.82, 2.24) is 20.0 Å². The van der Waals surface area contributed by atoms with Crippen LogP contribution < -0.4 is 5.32 Å². The maximum absolute atomic E-state index is 12.3. The third-order valence-electron chi connectivity index (χ3n) is 4.76. The summed E-state index contributed by atoms with van der Waals surface area (Å²) in [6.07, 6.45) is 5.27. The fourth-order valence-corrected chi connectivity index (χ4v) is 3.02. The predicted molar refractivity (Wildman–Crippen MR) is 95.1 cm³/mol. The molecule has 1 aromatic rings. The molecule has 2 rings (SSSR count). The van der Waals surface area contributed by atoms with Gasteiger partial charge in [0.1, 0.15) is 0 Å². The Morgan fingerprint density at radius 1 is 1.38 bits per heavy atom. The van der Waals surface area contributed by atoms with E-state index in [1.54, 1.807) is 6.20 Å². The third-order valence-corrected chi connectivity index (χ3v) is 4.76. The van der Waals surface area contributed by atoms with Crippen LogP contribution in [0.15, 0.2) is 6.20 Å². The molecule has 136 valence electrons. The highest BCUT2D eigenvalue weighted by atomic mass is 16.3. The predicted octanol–water partition coefficient (Wildman–Crippen LogP) is 1.81. The van der Waals surface area contributed by atoms with Gasteiger partial charge in [-0.3, -0.25) is 9.48 Å². The number of aryl methyl sites for hydroxylation is 1. The van der Waals surface area contributed by atoms with Crippen molar-refractivity contribution in [3.05, 3.63) is 17.5 Å². The Balaban J connectivity index is 1.70. The number of hydrogen-bond acceptors (Lipinski definition) is 4. The second-order valence-electron chi connectivity index (χ2n) is 7.23. The molecule has 24 heavy (non-hydrogen) atoms. The van der Waals surface area contributed by atoms with Crippen molar-refractivity contribution in [2.45, 2.75) is 59.1 Å². The van der Waals surface area contributed by atoms with E-state index in [4.69, 9.17) is 0 Å². The molecule has 0 spiro atoms. The topological polar surface area (TPSA) is 70.4 Å². The largest absolute Gasteiger partial charge is 0.393 e. The first-order valence-electron chi connectivity index (χ1n) is 9.18. The van der Waals surface area contributed by atoms with E-state index in [0.29, 0.717) is 18.0 Å². The molecule has 0 bridgehead atoms. The smallest absolute Gasteiger partial charge is 0.254 e. The van der Waals surface area contributed by atoms with Crippen molar-refractivity contribution >= 4 is 5.91 Å². The molecule has 0 aromatic carbocycles. The van der Waals surface area contributed by atoms with Gasteiger partial charge in [-0.2, -0.15) is 5.10 Å². The lowest BCUT2D eigenvalue weighted by atomic mass is 10.1. The molecule has 6 nitrogen and oxygen atoms in total. The van der Waals surface area contributed by atoms with Crippen LogP contribution in [0, 0.1) is 12.8 Å². The first-order valence-corrected chi connectivity index (χ1v) is 9.18. The van der Waals surface area contributed by atoms with E-state index in [0.717, 1.165) is 57.6 Å². The number of piperidine rings is 1. The molecule has 1 aliphatic heterocycles. The minimum absolute atomic E-state index is 0.0302. The molecule has 0 saturated carbocycles. The van der Waals surface area contributed by atoms with Gasteiger partial charge in [-0.1, -0.05) is 13.8 Å². The average molecular weight is 336 g/mol. The number of carbonyl (C=O) groups is 1. The van der Waals surface area contributed by atoms with Gasteiger partial charge in [0, 0.05) is 31.9 Å². The maximum atomic E-state index is 12.3. The lowest BCUT2D eigenvalue weighted by Crippen LogP contribution is -2.37. The van der Waals surface area contributed by atoms with Crippen LogP contribution in [-0.4, -0.2) is 58.0 Å². The number of carbonyl (C=O) groups excluding carboxylic acids is 1. The Bertz CT molecular complexity index is 519. The number of likely N-dealkylation sites (tertiary alicyclic amines) is 1. The van der Waals surface area contributed by atoms with Crippen LogP contribution in [-0.2, 0) is 6.54 Å². The Kier molecular flexibility index (Phi) is 7.24. The molecule has 0 radical (unpaired) electrons. The van der Waals surface area contributed by atoms with Gasteiger partial charge in [0.15, 0.2) is 0 Å². The summed E-state index contributed by atoms with van der Waals surface area (Å²) in [7, 11) is 0. The molecule has 6 heteroatoms. The SMILES string of the molecule is Cc1c(C(=O)NCCCN2CCC(O)CC2)cnn1CCC(C)C. The molecule has 0 aliphatic carbocycles. The number of nitrogens with one attached hydrogen (secondary N) is 1. The third kappa shape index (κ3) is 5.60. The lowest BCUT2D eigenvalue weighted by molar-refractivity contribution is 0.0816. The molecular weight excluding hydrogens is 304 g/mol. The van der Waals surface area contributed by atoms with Crippen molar-refractivity contribution in [3.8, 4) is 0 Å². The van der Waals surface area contributed by atoms with Crippen LogP contribution in [0.2, 0.25) is 0 Å². The number of aliphatic hydroxyl groups excluding tert-OH is 1. The Hall–Kier alpha value is -1.40. The zero-order valence-corrected chi connectivity index (χ0v) is 15.3. The quantitative estimate of drug-likeness (QED) is 0.711. The summed E-state index contributed by atoms with van der Waals surface area (Å²) < 4.78 is 1.92. The summed E-state index contributed by atoms with van der Waals surface area (Å²) >= 11 is 0. The Morgan fingerprint density at radius 3 is 2.75 bits per heavy atom.